The number of nitrogens with zero attached hydrogens (tertiary/aromatic N) is 6. The minimum atomic E-state index is -0.469. The lowest BCUT2D eigenvalue weighted by Gasteiger charge is -2.18. The molecule has 0 N–H and O–H groups in total. The van der Waals surface area contributed by atoms with Crippen LogP contribution in [0, 0.1) is 0 Å². The average Bonchev–Trinajstić information content (AvgIpc) is 3.56. The SMILES string of the molecule is Brc1cccnn1.C/C=C/c1csc(CC(=O)OC(C)(C)C)n1.CC(C)(C)OC(=O)Cc1nc(/C=C/c2cccnn2)cs1. The van der Waals surface area contributed by atoms with Gasteiger partial charge in [-0.1, -0.05) is 6.08 Å². The third-order valence-electron chi connectivity index (χ3n) is 4.47. The Morgan fingerprint density at radius 3 is 1.61 bits per heavy atom. The first-order chi connectivity index (χ1) is 20.7. The highest BCUT2D eigenvalue weighted by Crippen LogP contribution is 2.16. The van der Waals surface area contributed by atoms with E-state index in [2.05, 4.69) is 46.3 Å². The first-order valence-electron chi connectivity index (χ1n) is 13.6. The van der Waals surface area contributed by atoms with Gasteiger partial charge in [0.05, 0.1) is 29.9 Å². The van der Waals surface area contributed by atoms with Crippen LogP contribution in [0.1, 0.15) is 75.6 Å². The van der Waals surface area contributed by atoms with Gasteiger partial charge in [-0.3, -0.25) is 9.59 Å². The maximum atomic E-state index is 11.7. The molecular weight excluding hydrogens is 664 g/mol. The van der Waals surface area contributed by atoms with E-state index in [1.807, 2.05) is 108 Å². The van der Waals surface area contributed by atoms with Gasteiger partial charge in [0.1, 0.15) is 25.8 Å². The number of carbonyl (C=O) groups excluding carboxylic acids is 2. The summed E-state index contributed by atoms with van der Waals surface area (Å²) in [6.45, 7) is 13.1. The fourth-order valence-electron chi connectivity index (χ4n) is 2.99. The van der Waals surface area contributed by atoms with E-state index in [1.54, 1.807) is 12.4 Å². The van der Waals surface area contributed by atoms with Gasteiger partial charge in [-0.15, -0.1) is 27.8 Å². The molecule has 0 saturated heterocycles. The van der Waals surface area contributed by atoms with Gasteiger partial charge in [0.15, 0.2) is 0 Å². The molecule has 4 aromatic rings. The van der Waals surface area contributed by atoms with E-state index < -0.39 is 11.2 Å². The smallest absolute Gasteiger partial charge is 0.313 e. The number of esters is 2. The number of hydrogen-bond donors (Lipinski definition) is 0. The van der Waals surface area contributed by atoms with Crippen LogP contribution in [-0.2, 0) is 31.9 Å². The van der Waals surface area contributed by atoms with Crippen LogP contribution in [0.4, 0.5) is 0 Å². The number of ether oxygens (including phenoxy) is 2. The molecule has 0 fully saturated rings. The van der Waals surface area contributed by atoms with Gasteiger partial charge < -0.3 is 9.47 Å². The van der Waals surface area contributed by atoms with Crippen LogP contribution in [0.15, 0.2) is 58.1 Å². The van der Waals surface area contributed by atoms with Gasteiger partial charge in [-0.25, -0.2) is 9.97 Å². The van der Waals surface area contributed by atoms with Crippen LogP contribution >= 0.6 is 38.6 Å². The second-order valence-electron chi connectivity index (χ2n) is 10.9. The zero-order chi connectivity index (χ0) is 32.6. The molecule has 13 heteroatoms. The lowest BCUT2D eigenvalue weighted by Crippen LogP contribution is -2.24. The summed E-state index contributed by atoms with van der Waals surface area (Å²) >= 11 is 6.06. The molecule has 0 aromatic carbocycles. The molecule has 44 heavy (non-hydrogen) atoms. The van der Waals surface area contributed by atoms with E-state index in [-0.39, 0.29) is 24.8 Å². The molecule has 4 aromatic heterocycles. The van der Waals surface area contributed by atoms with Gasteiger partial charge in [0, 0.05) is 23.2 Å². The van der Waals surface area contributed by atoms with Crippen molar-refractivity contribution >= 4 is 68.8 Å². The predicted molar refractivity (Wildman–Crippen MR) is 179 cm³/mol. The number of allylic oxidation sites excluding steroid dienone is 1. The number of halogens is 1. The van der Waals surface area contributed by atoms with Gasteiger partial charge in [-0.05, 0) is 107 Å². The van der Waals surface area contributed by atoms with E-state index in [4.69, 9.17) is 9.47 Å². The second kappa shape index (κ2) is 18.2. The molecule has 0 amide bonds. The van der Waals surface area contributed by atoms with Crippen LogP contribution in [0.3, 0.4) is 0 Å². The topological polar surface area (TPSA) is 130 Å². The zero-order valence-corrected chi connectivity index (χ0v) is 29.1. The molecule has 0 saturated carbocycles. The van der Waals surface area contributed by atoms with Gasteiger partial charge >= 0.3 is 11.9 Å². The Labute approximate surface area is 274 Å². The molecule has 0 bridgehead atoms. The van der Waals surface area contributed by atoms with E-state index >= 15 is 0 Å². The zero-order valence-electron chi connectivity index (χ0n) is 25.9. The van der Waals surface area contributed by atoms with Crippen molar-refractivity contribution in [2.45, 2.75) is 72.5 Å². The Morgan fingerprint density at radius 1 is 0.750 bits per heavy atom. The van der Waals surface area contributed by atoms with Crippen molar-refractivity contribution in [1.29, 1.82) is 0 Å². The van der Waals surface area contributed by atoms with E-state index in [9.17, 15) is 9.59 Å². The highest BCUT2D eigenvalue weighted by atomic mass is 79.9. The first kappa shape index (κ1) is 36.5. The molecule has 10 nitrogen and oxygen atoms in total. The molecule has 0 spiro atoms. The third kappa shape index (κ3) is 16.8. The van der Waals surface area contributed by atoms with Crippen LogP contribution in [0.2, 0.25) is 0 Å². The molecule has 0 aliphatic rings. The Morgan fingerprint density at radius 2 is 1.23 bits per heavy atom. The summed E-state index contributed by atoms with van der Waals surface area (Å²) in [4.78, 5) is 31.9. The monoisotopic (exact) mass is 700 g/mol. The van der Waals surface area contributed by atoms with Gasteiger partial charge in [0.25, 0.3) is 0 Å². The molecule has 0 unspecified atom stereocenters. The van der Waals surface area contributed by atoms with Crippen LogP contribution in [-0.4, -0.2) is 53.5 Å². The largest absolute Gasteiger partial charge is 0.460 e. The molecular formula is C31H37BrN6O4S2. The summed E-state index contributed by atoms with van der Waals surface area (Å²) < 4.78 is 11.3. The second-order valence-corrected chi connectivity index (χ2v) is 13.6. The molecule has 0 aliphatic carbocycles. The van der Waals surface area contributed by atoms with Crippen molar-refractivity contribution in [1.82, 2.24) is 30.4 Å². The average molecular weight is 702 g/mol. The minimum absolute atomic E-state index is 0.195. The van der Waals surface area contributed by atoms with Crippen molar-refractivity contribution < 1.29 is 19.1 Å². The lowest BCUT2D eigenvalue weighted by molar-refractivity contribution is -0.155. The van der Waals surface area contributed by atoms with Gasteiger partial charge in [0.2, 0.25) is 0 Å². The number of rotatable bonds is 7. The van der Waals surface area contributed by atoms with E-state index in [0.717, 1.165) is 31.7 Å². The Kier molecular flexibility index (Phi) is 15.1. The highest BCUT2D eigenvalue weighted by Gasteiger charge is 2.18. The van der Waals surface area contributed by atoms with E-state index in [1.165, 1.54) is 22.7 Å². The highest BCUT2D eigenvalue weighted by molar-refractivity contribution is 9.10. The van der Waals surface area contributed by atoms with Crippen LogP contribution < -0.4 is 0 Å². The van der Waals surface area contributed by atoms with Gasteiger partial charge in [-0.2, -0.15) is 15.3 Å². The molecule has 234 valence electrons. The van der Waals surface area contributed by atoms with E-state index in [0.29, 0.717) is 0 Å². The summed E-state index contributed by atoms with van der Waals surface area (Å²) in [6, 6.07) is 7.32. The van der Waals surface area contributed by atoms with Crippen molar-refractivity contribution in [2.24, 2.45) is 0 Å². The first-order valence-corrected chi connectivity index (χ1v) is 16.1. The fourth-order valence-corrected chi connectivity index (χ4v) is 4.73. The summed E-state index contributed by atoms with van der Waals surface area (Å²) in [6.07, 6.45) is 11.2. The molecule has 0 radical (unpaired) electrons. The predicted octanol–water partition coefficient (Wildman–Crippen LogP) is 7.29. The fraction of sp³-hybridized carbons (Fsp3) is 0.355. The van der Waals surface area contributed by atoms with Crippen molar-refractivity contribution in [3.8, 4) is 0 Å². The Bertz CT molecular complexity index is 1490. The number of hydrogen-bond acceptors (Lipinski definition) is 12. The summed E-state index contributed by atoms with van der Waals surface area (Å²) in [5, 5.41) is 20.3. The summed E-state index contributed by atoms with van der Waals surface area (Å²) in [5.41, 5.74) is 1.55. The number of thiazole rings is 2. The maximum absolute atomic E-state index is 11.7. The summed E-state index contributed by atoms with van der Waals surface area (Å²) in [7, 11) is 0. The Balaban J connectivity index is 0.000000258. The molecule has 0 atom stereocenters. The quantitative estimate of drug-likeness (QED) is 0.181. The van der Waals surface area contributed by atoms with Crippen LogP contribution in [0.25, 0.3) is 18.2 Å². The van der Waals surface area contributed by atoms with Crippen molar-refractivity contribution in [2.75, 3.05) is 0 Å². The Hall–Kier alpha value is -3.68. The molecule has 4 heterocycles. The third-order valence-corrected chi connectivity index (χ3v) is 6.62. The normalized spacial score (nSPS) is 11.4. The maximum Gasteiger partial charge on any atom is 0.313 e. The van der Waals surface area contributed by atoms with Crippen LogP contribution in [0.5, 0.6) is 0 Å². The molecule has 0 aliphatic heterocycles. The minimum Gasteiger partial charge on any atom is -0.460 e. The standard InChI is InChI=1S/C15H17N3O2S.C12H17NO2S.C4H3BrN2/c1-15(2,3)20-14(19)9-13-17-12(10-21-13)7-6-11-5-4-8-16-18-11;1-5-6-9-8-16-10(13-9)7-11(14)15-12(2,3)4;5-4-2-1-3-6-7-4/h4-8,10H,9H2,1-3H3;5-6,8H,7H2,1-4H3;1-3H/b7-6+;6-5+;. The summed E-state index contributed by atoms with van der Waals surface area (Å²) in [5.74, 6) is -0.491. The molecule has 4 rings (SSSR count). The number of aromatic nitrogens is 6. The van der Waals surface area contributed by atoms with Crippen molar-refractivity contribution in [3.05, 3.63) is 85.2 Å². The number of carbonyl (C=O) groups is 2. The van der Waals surface area contributed by atoms with Crippen molar-refractivity contribution in [3.63, 3.8) is 0 Å². The lowest BCUT2D eigenvalue weighted by atomic mass is 10.2.